The molecule has 0 aliphatic carbocycles. The fourth-order valence-corrected chi connectivity index (χ4v) is 1.25. The van der Waals surface area contributed by atoms with E-state index in [1.54, 1.807) is 0 Å². The van der Waals surface area contributed by atoms with E-state index in [1.165, 1.54) is 0 Å². The van der Waals surface area contributed by atoms with Gasteiger partial charge in [0, 0.05) is 0 Å². The second kappa shape index (κ2) is 12.2. The third kappa shape index (κ3) is 31.3. The monoisotopic (exact) mass is 328 g/mol. The number of hydrogen-bond donors (Lipinski definition) is 4. The summed E-state index contributed by atoms with van der Waals surface area (Å²) < 4.78 is 22.2. The summed E-state index contributed by atoms with van der Waals surface area (Å²) in [5.74, 6) is 0. The number of phosphoric acid groups is 2. The van der Waals surface area contributed by atoms with Crippen molar-refractivity contribution in [2.45, 2.75) is 0 Å². The zero-order valence-electron chi connectivity index (χ0n) is 7.37. The maximum atomic E-state index is 9.63. The van der Waals surface area contributed by atoms with Crippen LogP contribution in [0.1, 0.15) is 1.43 Å². The van der Waals surface area contributed by atoms with Crippen molar-refractivity contribution >= 4 is 53.4 Å². The Kier molecular flexibility index (Phi) is 28.2. The van der Waals surface area contributed by atoms with E-state index in [1.807, 2.05) is 0 Å². The third-order valence-corrected chi connectivity index (χ3v) is 1.91. The Morgan fingerprint density at radius 2 is 1.08 bits per heavy atom. The molecule has 13 heteroatoms. The van der Waals surface area contributed by atoms with Crippen LogP contribution in [0, 0.1) is 0 Å². The molecule has 7 nitrogen and oxygen atoms in total. The summed E-state index contributed by atoms with van der Waals surface area (Å²) in [5, 5.41) is 0. The van der Waals surface area contributed by atoms with Gasteiger partial charge in [-0.1, -0.05) is 0 Å². The van der Waals surface area contributed by atoms with Gasteiger partial charge in [-0.15, -0.1) is 0 Å². The minimum atomic E-state index is -5.05. The second-order valence-corrected chi connectivity index (χ2v) is 3.68. The molecule has 4 N–H and O–H groups in total. The van der Waals surface area contributed by atoms with Crippen LogP contribution in [0.25, 0.3) is 0 Å². The van der Waals surface area contributed by atoms with Crippen LogP contribution in [0.5, 0.6) is 0 Å². The van der Waals surface area contributed by atoms with Gasteiger partial charge in [-0.3, -0.25) is 0 Å². The van der Waals surface area contributed by atoms with Crippen molar-refractivity contribution in [1.82, 2.24) is 0 Å². The van der Waals surface area contributed by atoms with Crippen molar-refractivity contribution in [2.75, 3.05) is 0 Å². The number of halogens is 2. The Hall–Kier alpha value is 3.74. The summed E-state index contributed by atoms with van der Waals surface area (Å²) >= 11 is 0. The van der Waals surface area contributed by atoms with E-state index < -0.39 is 15.6 Å². The van der Waals surface area contributed by atoms with Gasteiger partial charge in [0.1, 0.15) is 0 Å². The SMILES string of the molecule is O=P(O)(O)OP(=O)(O)O.[Ca+2].[Cl-].[Cl-].[H-].[K+]. The van der Waals surface area contributed by atoms with Gasteiger partial charge in [0.15, 0.2) is 0 Å². The molecule has 0 aliphatic heterocycles. The summed E-state index contributed by atoms with van der Waals surface area (Å²) in [7, 11) is -10.1. The number of rotatable bonds is 2. The molecular formula is H5CaCl2KO7P2. The van der Waals surface area contributed by atoms with Crippen LogP contribution in [-0.4, -0.2) is 57.3 Å². The fourth-order valence-electron chi connectivity index (χ4n) is 0.139. The van der Waals surface area contributed by atoms with E-state index in [2.05, 4.69) is 4.31 Å². The molecule has 0 atom stereocenters. The van der Waals surface area contributed by atoms with Crippen LogP contribution in [-0.2, 0) is 13.4 Å². The summed E-state index contributed by atoms with van der Waals surface area (Å²) in [6.45, 7) is 0. The first-order valence-electron chi connectivity index (χ1n) is 1.53. The van der Waals surface area contributed by atoms with Gasteiger partial charge in [0.05, 0.1) is 0 Å². The molecule has 0 bridgehead atoms. The smallest absolute Gasteiger partial charge is 1.00 e. The third-order valence-electron chi connectivity index (χ3n) is 0.213. The molecule has 0 rings (SSSR count). The van der Waals surface area contributed by atoms with Crippen molar-refractivity contribution in [1.29, 1.82) is 0 Å². The number of hydrogen-bond acceptors (Lipinski definition) is 3. The first kappa shape index (κ1) is 30.1. The maximum Gasteiger partial charge on any atom is 2.00 e. The second-order valence-electron chi connectivity index (χ2n) is 1.06. The van der Waals surface area contributed by atoms with Gasteiger partial charge >= 0.3 is 105 Å². The van der Waals surface area contributed by atoms with Gasteiger partial charge in [-0.05, 0) is 0 Å². The Labute approximate surface area is 161 Å². The molecule has 0 fully saturated rings. The van der Waals surface area contributed by atoms with Crippen molar-refractivity contribution in [3.63, 3.8) is 0 Å². The topological polar surface area (TPSA) is 124 Å². The van der Waals surface area contributed by atoms with Gasteiger partial charge in [-0.2, -0.15) is 4.31 Å². The zero-order valence-corrected chi connectivity index (χ0v) is 15.0. The van der Waals surface area contributed by atoms with Crippen LogP contribution in [0.4, 0.5) is 0 Å². The molecule has 0 unspecified atom stereocenters. The van der Waals surface area contributed by atoms with E-state index >= 15 is 0 Å². The first-order valence-corrected chi connectivity index (χ1v) is 4.59. The van der Waals surface area contributed by atoms with Crippen molar-refractivity contribution in [3.05, 3.63) is 0 Å². The zero-order chi connectivity index (χ0) is 7.71. The molecule has 0 saturated carbocycles. The Balaban J connectivity index is -0.0000000320. The quantitative estimate of drug-likeness (QED) is 0.293. The molecule has 0 saturated heterocycles. The molecule has 0 aromatic heterocycles. The van der Waals surface area contributed by atoms with Crippen molar-refractivity contribution < 1.29 is 111 Å². The Morgan fingerprint density at radius 1 is 0.923 bits per heavy atom. The molecule has 0 aliphatic rings. The van der Waals surface area contributed by atoms with E-state index in [-0.39, 0.29) is 115 Å². The normalized spacial score (nSPS) is 9.54. The summed E-state index contributed by atoms with van der Waals surface area (Å²) in [6, 6.07) is 0. The first-order chi connectivity index (χ1) is 3.71. The van der Waals surface area contributed by atoms with E-state index in [9.17, 15) is 9.13 Å². The average Bonchev–Trinajstić information content (AvgIpc) is 1.14. The maximum absolute atomic E-state index is 9.63. The Bertz CT molecular complexity index is 170. The Morgan fingerprint density at radius 3 is 1.08 bits per heavy atom. The minimum Gasteiger partial charge on any atom is -1.00 e. The van der Waals surface area contributed by atoms with Crippen LogP contribution in [0.3, 0.4) is 0 Å². The van der Waals surface area contributed by atoms with Crippen LogP contribution >= 0.6 is 15.6 Å². The summed E-state index contributed by atoms with van der Waals surface area (Å²) in [6.07, 6.45) is 0. The summed E-state index contributed by atoms with van der Waals surface area (Å²) in [4.78, 5) is 31.0. The molecule has 0 radical (unpaired) electrons. The minimum absolute atomic E-state index is 0. The molecule has 74 valence electrons. The molecule has 0 spiro atoms. The molecule has 0 heterocycles. The van der Waals surface area contributed by atoms with Gasteiger partial charge in [0.2, 0.25) is 0 Å². The summed E-state index contributed by atoms with van der Waals surface area (Å²) in [5.41, 5.74) is 0. The van der Waals surface area contributed by atoms with Gasteiger partial charge in [0.25, 0.3) is 0 Å². The molecular weight excluding hydrogens is 324 g/mol. The van der Waals surface area contributed by atoms with Gasteiger partial charge < -0.3 is 45.8 Å². The van der Waals surface area contributed by atoms with Crippen LogP contribution in [0.2, 0.25) is 0 Å². The fraction of sp³-hybridized carbons (Fsp3) is 0. The van der Waals surface area contributed by atoms with Crippen molar-refractivity contribution in [2.24, 2.45) is 0 Å². The van der Waals surface area contributed by atoms with Crippen molar-refractivity contribution in [3.8, 4) is 0 Å². The van der Waals surface area contributed by atoms with E-state index in [0.29, 0.717) is 0 Å². The molecule has 13 heavy (non-hydrogen) atoms. The van der Waals surface area contributed by atoms with E-state index in [4.69, 9.17) is 19.6 Å². The largest absolute Gasteiger partial charge is 2.00 e. The molecule has 0 amide bonds. The predicted octanol–water partition coefficient (Wildman–Crippen LogP) is -10.1. The van der Waals surface area contributed by atoms with Gasteiger partial charge in [-0.25, -0.2) is 9.13 Å². The predicted molar refractivity (Wildman–Crippen MR) is 32.0 cm³/mol. The molecule has 0 aromatic rings. The molecule has 0 aromatic carbocycles. The van der Waals surface area contributed by atoms with Crippen LogP contribution in [0.15, 0.2) is 0 Å². The van der Waals surface area contributed by atoms with E-state index in [0.717, 1.165) is 0 Å². The van der Waals surface area contributed by atoms with Crippen LogP contribution < -0.4 is 76.2 Å². The average molecular weight is 329 g/mol. The standard InChI is InChI=1S/Ca.2ClH.K.H4O7P2.H/c;;;;1-8(2,3)7-9(4,5)6;/h;2*1H;;(H2,1,2,3)(H2,4,5,6);/q+2;;;+1;;-1/p-2.